The maximum absolute atomic E-state index is 13.1. The van der Waals surface area contributed by atoms with Gasteiger partial charge in [0.25, 0.3) is 0 Å². The molecule has 0 aliphatic heterocycles. The lowest BCUT2D eigenvalue weighted by atomic mass is 10.1. The van der Waals surface area contributed by atoms with Crippen LogP contribution in [0.15, 0.2) is 53.4 Å². The van der Waals surface area contributed by atoms with Crippen molar-refractivity contribution in [2.45, 2.75) is 25.2 Å². The number of hydrogen-bond acceptors (Lipinski definition) is 7. The minimum Gasteiger partial charge on any atom is -0.497 e. The van der Waals surface area contributed by atoms with Gasteiger partial charge in [0.2, 0.25) is 15.2 Å². The molecule has 0 atom stereocenters. The normalized spacial score (nSPS) is 11.7. The van der Waals surface area contributed by atoms with E-state index in [9.17, 15) is 8.42 Å². The average Bonchev–Trinajstić information content (AvgIpc) is 3.26. The van der Waals surface area contributed by atoms with Gasteiger partial charge in [-0.25, -0.2) is 13.4 Å². The first-order valence-corrected chi connectivity index (χ1v) is 12.9. The Morgan fingerprint density at radius 2 is 1.69 bits per heavy atom. The Morgan fingerprint density at radius 1 is 1.00 bits per heavy atom. The maximum Gasteiger partial charge on any atom is 0.243 e. The van der Waals surface area contributed by atoms with Crippen molar-refractivity contribution in [2.24, 2.45) is 0 Å². The Kier molecular flexibility index (Phi) is 8.47. The molecule has 172 valence electrons. The summed E-state index contributed by atoms with van der Waals surface area (Å²) < 4.78 is 37.2. The van der Waals surface area contributed by atoms with Gasteiger partial charge in [0.1, 0.15) is 11.6 Å². The van der Waals surface area contributed by atoms with E-state index >= 15 is 0 Å². The van der Waals surface area contributed by atoms with Crippen LogP contribution in [-0.2, 0) is 16.4 Å². The van der Waals surface area contributed by atoms with E-state index in [1.165, 1.54) is 15.8 Å². The summed E-state index contributed by atoms with van der Waals surface area (Å²) in [7, 11) is -2.04. The summed E-state index contributed by atoms with van der Waals surface area (Å²) in [4.78, 5) is 6.97. The van der Waals surface area contributed by atoms with Gasteiger partial charge in [-0.3, -0.25) is 0 Å². The molecule has 7 nitrogen and oxygen atoms in total. The van der Waals surface area contributed by atoms with E-state index in [1.54, 1.807) is 31.4 Å². The second-order valence-electron chi connectivity index (χ2n) is 7.05. The van der Waals surface area contributed by atoms with Crippen molar-refractivity contribution in [1.29, 1.82) is 0 Å². The molecule has 0 amide bonds. The molecule has 10 heteroatoms. The molecule has 0 bridgehead atoms. The lowest BCUT2D eigenvalue weighted by molar-refractivity contribution is 0.413. The zero-order chi connectivity index (χ0) is 23.1. The maximum atomic E-state index is 13.1. The van der Waals surface area contributed by atoms with Crippen LogP contribution in [0.25, 0.3) is 0 Å². The number of ether oxygens (including phenoxy) is 1. The highest BCUT2D eigenvalue weighted by Gasteiger charge is 2.24. The Balaban J connectivity index is 1.66. The molecule has 3 aromatic rings. The number of hydrogen-bond donors (Lipinski definition) is 0. The topological polar surface area (TPSA) is 75.6 Å². The summed E-state index contributed by atoms with van der Waals surface area (Å²) in [5.41, 5.74) is 1.09. The lowest BCUT2D eigenvalue weighted by Crippen LogP contribution is -2.38. The van der Waals surface area contributed by atoms with E-state index in [2.05, 4.69) is 14.3 Å². The highest BCUT2D eigenvalue weighted by molar-refractivity contribution is 7.89. The number of likely N-dealkylation sites (N-methyl/N-ethyl adjacent to an activating group) is 2. The molecular weight excluding hydrogens is 468 g/mol. The van der Waals surface area contributed by atoms with Crippen LogP contribution in [0.5, 0.6) is 5.75 Å². The minimum atomic E-state index is -3.59. The van der Waals surface area contributed by atoms with Crippen molar-refractivity contribution in [1.82, 2.24) is 13.7 Å². The van der Waals surface area contributed by atoms with Crippen LogP contribution >= 0.6 is 23.1 Å². The molecule has 1 aromatic heterocycles. The van der Waals surface area contributed by atoms with Crippen molar-refractivity contribution in [2.75, 3.05) is 38.2 Å². The first-order chi connectivity index (χ1) is 15.4. The summed E-state index contributed by atoms with van der Waals surface area (Å²) in [6, 6.07) is 14.1. The van der Waals surface area contributed by atoms with Crippen LogP contribution in [0, 0.1) is 0 Å². The number of methoxy groups -OCH3 is 1. The van der Waals surface area contributed by atoms with Crippen molar-refractivity contribution in [3.63, 3.8) is 0 Å². The number of sulfonamides is 1. The Labute approximate surface area is 198 Å². The number of nitrogens with zero attached hydrogens (tertiary/aromatic N) is 4. The smallest absolute Gasteiger partial charge is 0.243 e. The first-order valence-electron chi connectivity index (χ1n) is 10.3. The van der Waals surface area contributed by atoms with Crippen LogP contribution in [0.4, 0.5) is 5.13 Å². The van der Waals surface area contributed by atoms with Gasteiger partial charge in [-0.1, -0.05) is 30.7 Å². The monoisotopic (exact) mass is 494 g/mol. The fourth-order valence-corrected chi connectivity index (χ4v) is 5.54. The molecule has 0 N–H and O–H groups in total. The predicted molar refractivity (Wildman–Crippen MR) is 129 cm³/mol. The number of benzene rings is 2. The van der Waals surface area contributed by atoms with Gasteiger partial charge in [0.05, 0.1) is 12.0 Å². The molecule has 0 aliphatic rings. The van der Waals surface area contributed by atoms with E-state index in [0.717, 1.165) is 16.5 Å². The third-order valence-corrected chi connectivity index (χ3v) is 8.11. The molecule has 0 fully saturated rings. The molecule has 0 unspecified atom stereocenters. The van der Waals surface area contributed by atoms with Crippen molar-refractivity contribution in [3.05, 3.63) is 64.9 Å². The fourth-order valence-electron chi connectivity index (χ4n) is 3.20. The quantitative estimate of drug-likeness (QED) is 0.395. The van der Waals surface area contributed by atoms with E-state index < -0.39 is 10.0 Å². The Morgan fingerprint density at radius 3 is 2.28 bits per heavy atom. The van der Waals surface area contributed by atoms with Crippen LogP contribution < -0.4 is 9.64 Å². The molecule has 3 rings (SSSR count). The van der Waals surface area contributed by atoms with Crippen LogP contribution in [0.3, 0.4) is 0 Å². The van der Waals surface area contributed by atoms with E-state index in [0.29, 0.717) is 43.4 Å². The average molecular weight is 495 g/mol. The third-order valence-electron chi connectivity index (χ3n) is 5.05. The van der Waals surface area contributed by atoms with Gasteiger partial charge in [-0.05, 0) is 48.9 Å². The summed E-state index contributed by atoms with van der Waals surface area (Å²) >= 11 is 7.28. The Hall–Kier alpha value is -2.20. The molecule has 0 aliphatic carbocycles. The SMILES string of the molecule is CCN(CCN(CC)S(=O)(=O)c1ccc(OC)cc1)c1nc(Cc2ccc(Cl)cc2)ns1. The number of aromatic nitrogens is 2. The van der Waals surface area contributed by atoms with Gasteiger partial charge < -0.3 is 9.64 Å². The Bertz CT molecular complexity index is 1100. The first kappa shape index (κ1) is 24.4. The molecule has 0 radical (unpaired) electrons. The lowest BCUT2D eigenvalue weighted by Gasteiger charge is -2.25. The van der Waals surface area contributed by atoms with Gasteiger partial charge >= 0.3 is 0 Å². The highest BCUT2D eigenvalue weighted by atomic mass is 35.5. The molecule has 1 heterocycles. The van der Waals surface area contributed by atoms with Crippen molar-refractivity contribution in [3.8, 4) is 5.75 Å². The van der Waals surface area contributed by atoms with Gasteiger partial charge in [-0.15, -0.1) is 0 Å². The zero-order valence-electron chi connectivity index (χ0n) is 18.4. The minimum absolute atomic E-state index is 0.254. The molecule has 32 heavy (non-hydrogen) atoms. The predicted octanol–water partition coefficient (Wildman–Crippen LogP) is 4.33. The van der Waals surface area contributed by atoms with Gasteiger partial charge in [0, 0.05) is 49.2 Å². The molecule has 0 saturated carbocycles. The van der Waals surface area contributed by atoms with E-state index in [-0.39, 0.29) is 4.90 Å². The molecular formula is C22H27ClN4O3S2. The highest BCUT2D eigenvalue weighted by Crippen LogP contribution is 2.22. The number of rotatable bonds is 11. The fraction of sp³-hybridized carbons (Fsp3) is 0.364. The second kappa shape index (κ2) is 11.1. The molecule has 0 spiro atoms. The van der Waals surface area contributed by atoms with Crippen LogP contribution in [-0.4, -0.2) is 55.4 Å². The third kappa shape index (κ3) is 5.98. The van der Waals surface area contributed by atoms with Crippen molar-refractivity contribution < 1.29 is 13.2 Å². The molecule has 2 aromatic carbocycles. The molecule has 0 saturated heterocycles. The van der Waals surface area contributed by atoms with Gasteiger partial charge in [0.15, 0.2) is 0 Å². The van der Waals surface area contributed by atoms with E-state index in [4.69, 9.17) is 16.3 Å². The number of halogens is 1. The van der Waals surface area contributed by atoms with Crippen LogP contribution in [0.1, 0.15) is 25.2 Å². The number of anilines is 1. The largest absolute Gasteiger partial charge is 0.497 e. The summed E-state index contributed by atoms with van der Waals surface area (Å²) in [5.74, 6) is 1.36. The van der Waals surface area contributed by atoms with Crippen molar-refractivity contribution >= 4 is 38.3 Å². The zero-order valence-corrected chi connectivity index (χ0v) is 20.8. The summed E-state index contributed by atoms with van der Waals surface area (Å²) in [6.07, 6.45) is 0.623. The second-order valence-corrected chi connectivity index (χ2v) is 10.2. The van der Waals surface area contributed by atoms with E-state index in [1.807, 2.05) is 38.1 Å². The standard InChI is InChI=1S/C22H27ClN4O3S2/c1-4-26(22-24-21(25-31-22)16-17-6-8-18(23)9-7-17)14-15-27(5-2)32(28,29)20-12-10-19(30-3)11-13-20/h6-13H,4-5,14-16H2,1-3H3. The summed E-state index contributed by atoms with van der Waals surface area (Å²) in [5, 5.41) is 1.48. The van der Waals surface area contributed by atoms with Crippen LogP contribution in [0.2, 0.25) is 5.02 Å². The summed E-state index contributed by atoms with van der Waals surface area (Å²) in [6.45, 7) is 5.82. The van der Waals surface area contributed by atoms with Gasteiger partial charge in [-0.2, -0.15) is 8.68 Å².